The number of benzene rings is 2. The smallest absolute Gasteiger partial charge is 0.322 e. The number of carbonyl (C=O) groups is 2. The molecule has 0 aliphatic carbocycles. The Labute approximate surface area is 201 Å². The molecule has 1 aromatic heterocycles. The van der Waals surface area contributed by atoms with Gasteiger partial charge in [0.15, 0.2) is 0 Å². The second-order valence-electron chi connectivity index (χ2n) is 7.31. The first-order chi connectivity index (χ1) is 15.9. The molecular weight excluding hydrogens is 465 g/mol. The molecule has 33 heavy (non-hydrogen) atoms. The lowest BCUT2D eigenvalue weighted by Crippen LogP contribution is -2.45. The maximum absolute atomic E-state index is 13.3. The first-order valence-corrected chi connectivity index (χ1v) is 11.6. The molecule has 9 heteroatoms. The van der Waals surface area contributed by atoms with E-state index in [2.05, 4.69) is 5.32 Å². The minimum Gasteiger partial charge on any atom is -0.383 e. The van der Waals surface area contributed by atoms with Crippen LogP contribution in [0, 0.1) is 5.82 Å². The van der Waals surface area contributed by atoms with E-state index >= 15 is 0 Å². The molecule has 3 amide bonds. The molecule has 6 nitrogen and oxygen atoms in total. The third kappa shape index (κ3) is 7.85. The maximum Gasteiger partial charge on any atom is 0.322 e. The fourth-order valence-corrected chi connectivity index (χ4v) is 4.03. The molecule has 0 fully saturated rings. The van der Waals surface area contributed by atoms with Crippen molar-refractivity contribution in [2.45, 2.75) is 13.1 Å². The van der Waals surface area contributed by atoms with Crippen LogP contribution < -0.4 is 5.32 Å². The van der Waals surface area contributed by atoms with Gasteiger partial charge < -0.3 is 19.9 Å². The van der Waals surface area contributed by atoms with Gasteiger partial charge in [0.25, 0.3) is 0 Å². The minimum absolute atomic E-state index is 0.137. The lowest BCUT2D eigenvalue weighted by Gasteiger charge is -2.27. The molecule has 0 bridgehead atoms. The van der Waals surface area contributed by atoms with Crippen LogP contribution in [0.4, 0.5) is 14.9 Å². The molecule has 0 spiro atoms. The molecule has 2 aromatic carbocycles. The molecular formula is C24H25ClFN3O3S. The quantitative estimate of drug-likeness (QED) is 0.423. The van der Waals surface area contributed by atoms with Crippen molar-refractivity contribution in [1.82, 2.24) is 9.80 Å². The van der Waals surface area contributed by atoms with Crippen molar-refractivity contribution in [2.24, 2.45) is 0 Å². The van der Waals surface area contributed by atoms with Gasteiger partial charge in [-0.2, -0.15) is 0 Å². The summed E-state index contributed by atoms with van der Waals surface area (Å²) in [4.78, 5) is 30.3. The van der Waals surface area contributed by atoms with Gasteiger partial charge in [-0.3, -0.25) is 4.79 Å². The van der Waals surface area contributed by atoms with E-state index in [9.17, 15) is 14.0 Å². The number of urea groups is 1. The van der Waals surface area contributed by atoms with Crippen molar-refractivity contribution >= 4 is 40.6 Å². The molecule has 0 saturated carbocycles. The Hall–Kier alpha value is -2.94. The normalized spacial score (nSPS) is 10.6. The Balaban J connectivity index is 1.74. The summed E-state index contributed by atoms with van der Waals surface area (Å²) in [7, 11) is 1.53. The largest absolute Gasteiger partial charge is 0.383 e. The van der Waals surface area contributed by atoms with Gasteiger partial charge in [-0.1, -0.05) is 35.9 Å². The molecule has 0 atom stereocenters. The lowest BCUT2D eigenvalue weighted by atomic mass is 10.2. The van der Waals surface area contributed by atoms with Crippen molar-refractivity contribution in [3.8, 4) is 0 Å². The molecule has 0 saturated heterocycles. The van der Waals surface area contributed by atoms with Gasteiger partial charge in [0.1, 0.15) is 12.4 Å². The molecule has 1 N–H and O–H groups in total. The van der Waals surface area contributed by atoms with E-state index in [1.807, 2.05) is 17.5 Å². The number of anilines is 1. The van der Waals surface area contributed by atoms with Crippen LogP contribution in [0.5, 0.6) is 0 Å². The number of halogens is 2. The lowest BCUT2D eigenvalue weighted by molar-refractivity contribution is -0.133. The maximum atomic E-state index is 13.3. The summed E-state index contributed by atoms with van der Waals surface area (Å²) in [6, 6.07) is 16.3. The van der Waals surface area contributed by atoms with Gasteiger partial charge in [-0.05, 0) is 47.3 Å². The Morgan fingerprint density at radius 2 is 1.85 bits per heavy atom. The fraction of sp³-hybridized carbons (Fsp3) is 0.250. The molecule has 0 radical (unpaired) electrons. The predicted octanol–water partition coefficient (Wildman–Crippen LogP) is 5.25. The molecule has 174 valence electrons. The van der Waals surface area contributed by atoms with Crippen LogP contribution in [0.3, 0.4) is 0 Å². The summed E-state index contributed by atoms with van der Waals surface area (Å²) in [5.41, 5.74) is 1.33. The fourth-order valence-electron chi connectivity index (χ4n) is 3.12. The Morgan fingerprint density at radius 1 is 1.06 bits per heavy atom. The highest BCUT2D eigenvalue weighted by molar-refractivity contribution is 7.09. The number of nitrogens with zero attached hydrogens (tertiary/aromatic N) is 2. The molecule has 3 aromatic rings. The van der Waals surface area contributed by atoms with Crippen molar-refractivity contribution in [1.29, 1.82) is 0 Å². The van der Waals surface area contributed by atoms with Crippen LogP contribution in [-0.4, -0.2) is 48.5 Å². The number of thiophene rings is 1. The van der Waals surface area contributed by atoms with Gasteiger partial charge in [0, 0.05) is 35.8 Å². The number of carbonyl (C=O) groups excluding carboxylic acids is 2. The van der Waals surface area contributed by atoms with Crippen LogP contribution in [0.15, 0.2) is 66.0 Å². The molecule has 0 aliphatic heterocycles. The Morgan fingerprint density at radius 3 is 2.52 bits per heavy atom. The number of nitrogens with one attached hydrogen (secondary N) is 1. The first-order valence-electron chi connectivity index (χ1n) is 10.3. The SMILES string of the molecule is COCCN(CC(=O)N(Cc1ccc(F)cc1)Cc1cccs1)C(=O)Nc1cccc(Cl)c1. The van der Waals surface area contributed by atoms with Crippen LogP contribution >= 0.6 is 22.9 Å². The Kier molecular flexibility index (Phi) is 9.24. The third-order valence-corrected chi connectivity index (χ3v) is 5.92. The van der Waals surface area contributed by atoms with E-state index in [0.717, 1.165) is 10.4 Å². The standard InChI is InChI=1S/C24H25ClFN3O3S/c1-32-12-11-28(24(31)27-21-5-2-4-19(25)14-21)17-23(30)29(16-22-6-3-13-33-22)15-18-7-9-20(26)10-8-18/h2-10,13-14H,11-12,15-17H2,1H3,(H,27,31). The summed E-state index contributed by atoms with van der Waals surface area (Å²) >= 11 is 7.55. The van der Waals surface area contributed by atoms with Crippen LogP contribution in [0.2, 0.25) is 5.02 Å². The monoisotopic (exact) mass is 489 g/mol. The molecule has 3 rings (SSSR count). The van der Waals surface area contributed by atoms with Gasteiger partial charge in [0.05, 0.1) is 13.2 Å². The second kappa shape index (κ2) is 12.3. The van der Waals surface area contributed by atoms with E-state index in [-0.39, 0.29) is 31.4 Å². The summed E-state index contributed by atoms with van der Waals surface area (Å²) < 4.78 is 18.4. The zero-order valence-electron chi connectivity index (χ0n) is 18.2. The predicted molar refractivity (Wildman–Crippen MR) is 129 cm³/mol. The zero-order valence-corrected chi connectivity index (χ0v) is 19.7. The van der Waals surface area contributed by atoms with Crippen molar-refractivity contribution in [2.75, 3.05) is 32.1 Å². The van der Waals surface area contributed by atoms with E-state index in [1.165, 1.54) is 24.1 Å². The first kappa shape index (κ1) is 24.7. The van der Waals surface area contributed by atoms with Crippen LogP contribution in [0.1, 0.15) is 10.4 Å². The highest BCUT2D eigenvalue weighted by atomic mass is 35.5. The van der Waals surface area contributed by atoms with Crippen LogP contribution in [-0.2, 0) is 22.6 Å². The summed E-state index contributed by atoms with van der Waals surface area (Å²) in [5.74, 6) is -0.566. The number of ether oxygens (including phenoxy) is 1. The third-order valence-electron chi connectivity index (χ3n) is 4.82. The average Bonchev–Trinajstić information content (AvgIpc) is 3.30. The summed E-state index contributed by atoms with van der Waals surface area (Å²) in [6.45, 7) is 1.06. The number of methoxy groups -OCH3 is 1. The number of hydrogen-bond donors (Lipinski definition) is 1. The molecule has 0 unspecified atom stereocenters. The van der Waals surface area contributed by atoms with Crippen molar-refractivity contribution in [3.63, 3.8) is 0 Å². The van der Waals surface area contributed by atoms with E-state index in [1.54, 1.807) is 52.6 Å². The topological polar surface area (TPSA) is 61.9 Å². The van der Waals surface area contributed by atoms with E-state index in [4.69, 9.17) is 16.3 Å². The van der Waals surface area contributed by atoms with Crippen molar-refractivity contribution < 1.29 is 18.7 Å². The second-order valence-corrected chi connectivity index (χ2v) is 8.78. The average molecular weight is 490 g/mol. The van der Waals surface area contributed by atoms with Crippen LogP contribution in [0.25, 0.3) is 0 Å². The zero-order chi connectivity index (χ0) is 23.6. The number of hydrogen-bond acceptors (Lipinski definition) is 4. The van der Waals surface area contributed by atoms with Gasteiger partial charge in [-0.25, -0.2) is 9.18 Å². The van der Waals surface area contributed by atoms with Gasteiger partial charge >= 0.3 is 6.03 Å². The highest BCUT2D eigenvalue weighted by Crippen LogP contribution is 2.17. The molecule has 1 heterocycles. The Bertz CT molecular complexity index is 1050. The highest BCUT2D eigenvalue weighted by Gasteiger charge is 2.22. The summed E-state index contributed by atoms with van der Waals surface area (Å²) in [5, 5.41) is 5.21. The minimum atomic E-state index is -0.430. The molecule has 0 aliphatic rings. The van der Waals surface area contributed by atoms with Gasteiger partial charge in [0.2, 0.25) is 5.91 Å². The van der Waals surface area contributed by atoms with E-state index in [0.29, 0.717) is 23.8 Å². The van der Waals surface area contributed by atoms with Gasteiger partial charge in [-0.15, -0.1) is 11.3 Å². The van der Waals surface area contributed by atoms with E-state index < -0.39 is 6.03 Å². The summed E-state index contributed by atoms with van der Waals surface area (Å²) in [6.07, 6.45) is 0. The number of amides is 3. The van der Waals surface area contributed by atoms with Crippen molar-refractivity contribution in [3.05, 3.63) is 87.3 Å². The number of rotatable bonds is 10.